The predicted octanol–water partition coefficient (Wildman–Crippen LogP) is 4.43. The molecule has 0 radical (unpaired) electrons. The lowest BCUT2D eigenvalue weighted by Gasteiger charge is -2.36. The van der Waals surface area contributed by atoms with Crippen LogP contribution >= 0.6 is 0 Å². The number of Topliss-reactive ketones (excluding diaryl/α,β-unsaturated/α-hetero) is 2. The molecule has 1 aromatic heterocycles. The van der Waals surface area contributed by atoms with Crippen molar-refractivity contribution in [2.75, 3.05) is 4.90 Å². The molecule has 1 aliphatic heterocycles. The molecule has 2 aromatic carbocycles. The number of carbonyl (C=O) groups is 2. The molecule has 0 amide bonds. The molecular formula is C23H18F3N3O2. The van der Waals surface area contributed by atoms with Gasteiger partial charge in [-0.05, 0) is 42.8 Å². The molecule has 0 bridgehead atoms. The highest BCUT2D eigenvalue weighted by atomic mass is 19.4. The quantitative estimate of drug-likeness (QED) is 0.627. The van der Waals surface area contributed by atoms with E-state index < -0.39 is 29.5 Å². The summed E-state index contributed by atoms with van der Waals surface area (Å²) in [5.74, 6) is -1.36. The predicted molar refractivity (Wildman–Crippen MR) is 109 cm³/mol. The third kappa shape index (κ3) is 4.06. The molecule has 1 aliphatic rings. The van der Waals surface area contributed by atoms with Crippen LogP contribution in [0.4, 0.5) is 24.7 Å². The van der Waals surface area contributed by atoms with Gasteiger partial charge in [0.25, 0.3) is 0 Å². The zero-order valence-electron chi connectivity index (χ0n) is 16.5. The van der Waals surface area contributed by atoms with Crippen molar-refractivity contribution < 1.29 is 22.8 Å². The Balaban J connectivity index is 1.77. The lowest BCUT2D eigenvalue weighted by atomic mass is 9.98. The average molecular weight is 425 g/mol. The summed E-state index contributed by atoms with van der Waals surface area (Å²) in [6, 6.07) is 15.1. The number of aryl methyl sites for hydroxylation is 1. The van der Waals surface area contributed by atoms with Gasteiger partial charge < -0.3 is 4.90 Å². The van der Waals surface area contributed by atoms with E-state index in [1.165, 1.54) is 35.4 Å². The largest absolute Gasteiger partial charge is 0.416 e. The molecule has 0 aliphatic carbocycles. The van der Waals surface area contributed by atoms with Gasteiger partial charge in [-0.25, -0.2) is 4.98 Å². The summed E-state index contributed by atoms with van der Waals surface area (Å²) in [7, 11) is 0. The first-order valence-corrected chi connectivity index (χ1v) is 9.54. The van der Waals surface area contributed by atoms with Gasteiger partial charge >= 0.3 is 6.18 Å². The van der Waals surface area contributed by atoms with E-state index in [0.29, 0.717) is 0 Å². The summed E-state index contributed by atoms with van der Waals surface area (Å²) >= 11 is 0. The van der Waals surface area contributed by atoms with Crippen molar-refractivity contribution in [1.82, 2.24) is 10.3 Å². The van der Waals surface area contributed by atoms with Gasteiger partial charge in [-0.1, -0.05) is 35.9 Å². The van der Waals surface area contributed by atoms with Crippen molar-refractivity contribution in [3.63, 3.8) is 0 Å². The van der Waals surface area contributed by atoms with Gasteiger partial charge in [0.2, 0.25) is 11.6 Å². The number of benzene rings is 2. The first kappa shape index (κ1) is 20.7. The van der Waals surface area contributed by atoms with E-state index in [4.69, 9.17) is 0 Å². The minimum absolute atomic E-state index is 0.0540. The second kappa shape index (κ2) is 7.96. The molecule has 31 heavy (non-hydrogen) atoms. The van der Waals surface area contributed by atoms with Crippen molar-refractivity contribution in [3.05, 3.63) is 89.1 Å². The summed E-state index contributed by atoms with van der Waals surface area (Å²) < 4.78 is 39.9. The van der Waals surface area contributed by atoms with Crippen LogP contribution in [0.2, 0.25) is 0 Å². The maximum Gasteiger partial charge on any atom is 0.416 e. The zero-order chi connectivity index (χ0) is 22.2. The molecule has 158 valence electrons. The molecule has 1 atom stereocenters. The van der Waals surface area contributed by atoms with E-state index in [-0.39, 0.29) is 23.6 Å². The highest BCUT2D eigenvalue weighted by molar-refractivity contribution is 6.48. The third-order valence-electron chi connectivity index (χ3n) is 5.06. The Bertz CT molecular complexity index is 1140. The Morgan fingerprint density at radius 3 is 2.48 bits per heavy atom. The number of halogens is 3. The van der Waals surface area contributed by atoms with Crippen molar-refractivity contribution >= 4 is 23.1 Å². The molecule has 0 saturated heterocycles. The van der Waals surface area contributed by atoms with E-state index in [1.54, 1.807) is 0 Å². The van der Waals surface area contributed by atoms with Crippen LogP contribution in [0.25, 0.3) is 0 Å². The number of nitrogens with zero attached hydrogens (tertiary/aromatic N) is 2. The maximum atomic E-state index is 13.3. The minimum atomic E-state index is -4.55. The fourth-order valence-electron chi connectivity index (χ4n) is 3.47. The van der Waals surface area contributed by atoms with Crippen LogP contribution in [0.1, 0.15) is 27.0 Å². The van der Waals surface area contributed by atoms with Gasteiger partial charge in [-0.3, -0.25) is 14.9 Å². The van der Waals surface area contributed by atoms with Crippen LogP contribution < -0.4 is 10.2 Å². The number of hydrogen-bond donors (Lipinski definition) is 1. The molecule has 2 heterocycles. The van der Waals surface area contributed by atoms with Crippen molar-refractivity contribution in [2.24, 2.45) is 0 Å². The van der Waals surface area contributed by atoms with Crippen molar-refractivity contribution in [3.8, 4) is 0 Å². The minimum Gasteiger partial charge on any atom is -0.302 e. The fourth-order valence-corrected chi connectivity index (χ4v) is 3.47. The van der Waals surface area contributed by atoms with Crippen LogP contribution in [0.5, 0.6) is 0 Å². The second-order valence-corrected chi connectivity index (χ2v) is 7.26. The monoisotopic (exact) mass is 425 g/mol. The second-order valence-electron chi connectivity index (χ2n) is 7.26. The molecular weight excluding hydrogens is 407 g/mol. The molecule has 5 nitrogen and oxygen atoms in total. The Morgan fingerprint density at radius 2 is 1.77 bits per heavy atom. The van der Waals surface area contributed by atoms with Gasteiger partial charge in [0, 0.05) is 18.4 Å². The molecule has 0 saturated carbocycles. The van der Waals surface area contributed by atoms with E-state index in [0.717, 1.165) is 23.3 Å². The third-order valence-corrected chi connectivity index (χ3v) is 5.06. The number of rotatable bonds is 4. The number of fused-ring (bicyclic) bond motifs is 1. The van der Waals surface area contributed by atoms with E-state index in [2.05, 4.69) is 10.3 Å². The number of anilines is 2. The Kier molecular flexibility index (Phi) is 5.32. The van der Waals surface area contributed by atoms with E-state index in [1.807, 2.05) is 31.2 Å². The highest BCUT2D eigenvalue weighted by Crippen LogP contribution is 2.37. The normalized spacial score (nSPS) is 16.4. The molecule has 0 spiro atoms. The zero-order valence-corrected chi connectivity index (χ0v) is 16.5. The Morgan fingerprint density at radius 1 is 1.03 bits per heavy atom. The lowest BCUT2D eigenvalue weighted by molar-refractivity contribution is -0.137. The van der Waals surface area contributed by atoms with Crippen LogP contribution in [-0.4, -0.2) is 22.7 Å². The van der Waals surface area contributed by atoms with E-state index >= 15 is 0 Å². The SMILES string of the molecule is Cc1ccc(CNC2C(=O)C(=O)c3cccnc3N2c2cccc(C(F)(F)F)c2)cc1. The van der Waals surface area contributed by atoms with Crippen molar-refractivity contribution in [2.45, 2.75) is 25.8 Å². The molecule has 0 fully saturated rings. The maximum absolute atomic E-state index is 13.3. The fraction of sp³-hybridized carbons (Fsp3) is 0.174. The first-order chi connectivity index (χ1) is 14.8. The van der Waals surface area contributed by atoms with Crippen LogP contribution in [-0.2, 0) is 17.5 Å². The molecule has 8 heteroatoms. The van der Waals surface area contributed by atoms with E-state index in [9.17, 15) is 22.8 Å². The summed E-state index contributed by atoms with van der Waals surface area (Å²) in [5.41, 5.74) is 1.23. The Hall–Kier alpha value is -3.52. The molecule has 4 rings (SSSR count). The summed E-state index contributed by atoms with van der Waals surface area (Å²) in [4.78, 5) is 31.1. The van der Waals surface area contributed by atoms with Crippen molar-refractivity contribution in [1.29, 1.82) is 0 Å². The number of hydrogen-bond acceptors (Lipinski definition) is 5. The average Bonchev–Trinajstić information content (AvgIpc) is 2.76. The summed E-state index contributed by atoms with van der Waals surface area (Å²) in [6.07, 6.45) is -4.32. The van der Waals surface area contributed by atoms with Gasteiger partial charge in [0.1, 0.15) is 5.82 Å². The number of aromatic nitrogens is 1. The van der Waals surface area contributed by atoms with Crippen LogP contribution in [0, 0.1) is 6.92 Å². The molecule has 1 unspecified atom stereocenters. The number of alkyl halides is 3. The number of carbonyl (C=O) groups excluding carboxylic acids is 2. The highest BCUT2D eigenvalue weighted by Gasteiger charge is 2.41. The smallest absolute Gasteiger partial charge is 0.302 e. The number of pyridine rings is 1. The molecule has 3 aromatic rings. The van der Waals surface area contributed by atoms with Gasteiger partial charge in [0.15, 0.2) is 6.17 Å². The molecule has 1 N–H and O–H groups in total. The lowest BCUT2D eigenvalue weighted by Crippen LogP contribution is -2.54. The van der Waals surface area contributed by atoms with Crippen LogP contribution in [0.15, 0.2) is 66.9 Å². The first-order valence-electron chi connectivity index (χ1n) is 9.54. The van der Waals surface area contributed by atoms with Gasteiger partial charge in [-0.15, -0.1) is 0 Å². The number of ketones is 2. The van der Waals surface area contributed by atoms with Gasteiger partial charge in [0.05, 0.1) is 11.1 Å². The Labute approximate surface area is 176 Å². The van der Waals surface area contributed by atoms with Gasteiger partial charge in [-0.2, -0.15) is 13.2 Å². The van der Waals surface area contributed by atoms with Crippen LogP contribution in [0.3, 0.4) is 0 Å². The topological polar surface area (TPSA) is 62.3 Å². The number of nitrogens with one attached hydrogen (secondary N) is 1. The standard InChI is InChI=1S/C23H18F3N3O2/c1-14-7-9-15(10-8-14)13-28-22-20(31)19(30)18-6-3-11-27-21(18)29(22)17-5-2-4-16(12-17)23(24,25)26/h2-12,22,28H,13H2,1H3. The summed E-state index contributed by atoms with van der Waals surface area (Å²) in [6.45, 7) is 2.18. The summed E-state index contributed by atoms with van der Waals surface area (Å²) in [5, 5.41) is 3.02.